The van der Waals surface area contributed by atoms with Crippen molar-refractivity contribution in [1.82, 2.24) is 9.97 Å². The van der Waals surface area contributed by atoms with Crippen LogP contribution >= 0.6 is 23.1 Å². The van der Waals surface area contributed by atoms with Crippen LogP contribution in [0.25, 0.3) is 10.2 Å². The number of esters is 1. The fourth-order valence-corrected chi connectivity index (χ4v) is 5.22. The summed E-state index contributed by atoms with van der Waals surface area (Å²) in [5.74, 6) is 1.08. The second kappa shape index (κ2) is 8.49. The highest BCUT2D eigenvalue weighted by Crippen LogP contribution is 2.35. The molecule has 0 aliphatic heterocycles. The number of hydrogen-bond donors (Lipinski definition) is 0. The van der Waals surface area contributed by atoms with E-state index in [4.69, 9.17) is 14.7 Å². The van der Waals surface area contributed by atoms with Gasteiger partial charge in [0, 0.05) is 16.7 Å². The van der Waals surface area contributed by atoms with Gasteiger partial charge < -0.3 is 4.74 Å². The first-order valence-electron chi connectivity index (χ1n) is 9.17. The Balaban J connectivity index is 1.73. The Morgan fingerprint density at radius 2 is 2.00 bits per heavy atom. The molecule has 4 nitrogen and oxygen atoms in total. The molecule has 6 heteroatoms. The Kier molecular flexibility index (Phi) is 6.34. The molecule has 0 unspecified atom stereocenters. The van der Waals surface area contributed by atoms with Crippen LogP contribution in [-0.4, -0.2) is 27.8 Å². The lowest BCUT2D eigenvalue weighted by molar-refractivity contribution is -0.147. The number of thioether (sulfide) groups is 1. The van der Waals surface area contributed by atoms with E-state index in [1.54, 1.807) is 11.3 Å². The van der Waals surface area contributed by atoms with Crippen molar-refractivity contribution in [1.29, 1.82) is 0 Å². The summed E-state index contributed by atoms with van der Waals surface area (Å²) >= 11 is 3.21. The number of carbonyl (C=O) groups excluding carboxylic acids is 1. The predicted molar refractivity (Wildman–Crippen MR) is 105 cm³/mol. The van der Waals surface area contributed by atoms with E-state index in [2.05, 4.69) is 20.8 Å². The van der Waals surface area contributed by atoms with Crippen molar-refractivity contribution in [3.63, 3.8) is 0 Å². The Morgan fingerprint density at radius 3 is 2.72 bits per heavy atom. The van der Waals surface area contributed by atoms with Crippen LogP contribution in [0.4, 0.5) is 0 Å². The van der Waals surface area contributed by atoms with Gasteiger partial charge in [0.2, 0.25) is 0 Å². The number of carbonyl (C=O) groups is 1. The van der Waals surface area contributed by atoms with E-state index in [-0.39, 0.29) is 12.1 Å². The van der Waals surface area contributed by atoms with Gasteiger partial charge >= 0.3 is 5.97 Å². The van der Waals surface area contributed by atoms with Crippen LogP contribution in [0.2, 0.25) is 0 Å². The average Bonchev–Trinajstić information content (AvgIpc) is 2.88. The maximum Gasteiger partial charge on any atom is 0.316 e. The molecule has 1 fully saturated rings. The minimum atomic E-state index is -0.120. The lowest BCUT2D eigenvalue weighted by Crippen LogP contribution is -2.22. The highest BCUT2D eigenvalue weighted by Gasteiger charge is 2.20. The quantitative estimate of drug-likeness (QED) is 0.391. The first-order chi connectivity index (χ1) is 12.1. The molecule has 0 atom stereocenters. The second-order valence-electron chi connectivity index (χ2n) is 6.70. The molecule has 0 N–H and O–H groups in total. The number of aromatic nitrogens is 2. The summed E-state index contributed by atoms with van der Waals surface area (Å²) in [5.41, 5.74) is 1.23. The van der Waals surface area contributed by atoms with Crippen molar-refractivity contribution < 1.29 is 9.53 Å². The summed E-state index contributed by atoms with van der Waals surface area (Å²) in [6.07, 6.45) is 7.63. The van der Waals surface area contributed by atoms with E-state index in [9.17, 15) is 4.79 Å². The first kappa shape index (κ1) is 18.6. The van der Waals surface area contributed by atoms with E-state index < -0.39 is 0 Å². The Labute approximate surface area is 157 Å². The minimum absolute atomic E-state index is 0.119. The van der Waals surface area contributed by atoms with Crippen LogP contribution in [-0.2, 0) is 16.0 Å². The van der Waals surface area contributed by atoms with Gasteiger partial charge in [0.1, 0.15) is 21.8 Å². The summed E-state index contributed by atoms with van der Waals surface area (Å²) in [6, 6.07) is 0. The van der Waals surface area contributed by atoms with Gasteiger partial charge in [-0.25, -0.2) is 9.97 Å². The lowest BCUT2D eigenvalue weighted by atomic mass is 9.98. The normalized spacial score (nSPS) is 15.6. The van der Waals surface area contributed by atoms with Crippen LogP contribution in [0.1, 0.15) is 61.7 Å². The maximum atomic E-state index is 12.2. The van der Waals surface area contributed by atoms with Crippen molar-refractivity contribution in [3.8, 4) is 0 Å². The van der Waals surface area contributed by atoms with Crippen LogP contribution < -0.4 is 0 Å². The number of fused-ring (bicyclic) bond motifs is 1. The number of thiophene rings is 1. The van der Waals surface area contributed by atoms with Crippen LogP contribution in [0.5, 0.6) is 0 Å². The van der Waals surface area contributed by atoms with Gasteiger partial charge in [-0.15, -0.1) is 11.3 Å². The molecule has 3 rings (SSSR count). The molecule has 0 amide bonds. The zero-order valence-corrected chi connectivity index (χ0v) is 16.9. The molecule has 0 spiro atoms. The van der Waals surface area contributed by atoms with Gasteiger partial charge in [-0.05, 0) is 51.5 Å². The standard InChI is InChI=1S/C19H26N2O2S2/c1-4-8-15-20-18(17-12(2)13(3)25-19(17)21-15)24-11-16(22)23-14-9-6-5-7-10-14/h14H,4-11H2,1-3H3. The molecule has 2 aromatic rings. The molecule has 1 aliphatic rings. The Hall–Kier alpha value is -1.14. The summed E-state index contributed by atoms with van der Waals surface area (Å²) < 4.78 is 5.64. The second-order valence-corrected chi connectivity index (χ2v) is 8.86. The van der Waals surface area contributed by atoms with Crippen molar-refractivity contribution in [2.24, 2.45) is 0 Å². The van der Waals surface area contributed by atoms with Crippen LogP contribution in [0.3, 0.4) is 0 Å². The van der Waals surface area contributed by atoms with Crippen LogP contribution in [0.15, 0.2) is 5.03 Å². The fraction of sp³-hybridized carbons (Fsp3) is 0.632. The third-order valence-corrected chi connectivity index (χ3v) is 6.74. The summed E-state index contributed by atoms with van der Waals surface area (Å²) in [4.78, 5) is 24.0. The number of nitrogens with zero attached hydrogens (tertiary/aromatic N) is 2. The van der Waals surface area contributed by atoms with Gasteiger partial charge in [0.25, 0.3) is 0 Å². The molecular formula is C19H26N2O2S2. The number of aryl methyl sites for hydroxylation is 3. The summed E-state index contributed by atoms with van der Waals surface area (Å²) in [6.45, 7) is 6.36. The first-order valence-corrected chi connectivity index (χ1v) is 11.0. The molecule has 136 valence electrons. The predicted octanol–water partition coefficient (Wildman–Crippen LogP) is 5.23. The molecular weight excluding hydrogens is 352 g/mol. The molecule has 25 heavy (non-hydrogen) atoms. The van der Waals surface area contributed by atoms with Crippen LogP contribution in [0, 0.1) is 13.8 Å². The smallest absolute Gasteiger partial charge is 0.316 e. The van der Waals surface area contributed by atoms with E-state index >= 15 is 0 Å². The van der Waals surface area contributed by atoms with Gasteiger partial charge in [-0.3, -0.25) is 4.79 Å². The van der Waals surface area contributed by atoms with Crippen molar-refractivity contribution in [2.45, 2.75) is 76.8 Å². The van der Waals surface area contributed by atoms with Gasteiger partial charge in [0.05, 0.1) is 5.75 Å². The third kappa shape index (κ3) is 4.53. The van der Waals surface area contributed by atoms with Gasteiger partial charge in [-0.2, -0.15) is 0 Å². The molecule has 1 aliphatic carbocycles. The molecule has 2 heterocycles. The molecule has 0 aromatic carbocycles. The maximum absolute atomic E-state index is 12.2. The zero-order valence-electron chi connectivity index (χ0n) is 15.3. The molecule has 1 saturated carbocycles. The fourth-order valence-electron chi connectivity index (χ4n) is 3.22. The highest BCUT2D eigenvalue weighted by atomic mass is 32.2. The molecule has 0 bridgehead atoms. The van der Waals surface area contributed by atoms with E-state index in [1.807, 2.05) is 0 Å². The van der Waals surface area contributed by atoms with Gasteiger partial charge in [-0.1, -0.05) is 25.1 Å². The zero-order chi connectivity index (χ0) is 17.8. The average molecular weight is 379 g/mol. The SMILES string of the molecule is CCCc1nc(SCC(=O)OC2CCCCC2)c2c(C)c(C)sc2n1. The minimum Gasteiger partial charge on any atom is -0.462 e. The lowest BCUT2D eigenvalue weighted by Gasteiger charge is -2.21. The largest absolute Gasteiger partial charge is 0.462 e. The monoisotopic (exact) mass is 378 g/mol. The van der Waals surface area contributed by atoms with Crippen molar-refractivity contribution >= 4 is 39.3 Å². The van der Waals surface area contributed by atoms with Crippen molar-refractivity contribution in [3.05, 3.63) is 16.3 Å². The van der Waals surface area contributed by atoms with Crippen molar-refractivity contribution in [2.75, 3.05) is 5.75 Å². The number of ether oxygens (including phenoxy) is 1. The highest BCUT2D eigenvalue weighted by molar-refractivity contribution is 8.00. The van der Waals surface area contributed by atoms with Gasteiger partial charge in [0.15, 0.2) is 0 Å². The molecule has 0 radical (unpaired) electrons. The third-order valence-electron chi connectivity index (χ3n) is 4.69. The number of rotatable bonds is 6. The van der Waals surface area contributed by atoms with E-state index in [0.717, 1.165) is 46.8 Å². The topological polar surface area (TPSA) is 52.1 Å². The molecule has 2 aromatic heterocycles. The van der Waals surface area contributed by atoms with E-state index in [0.29, 0.717) is 5.75 Å². The Morgan fingerprint density at radius 1 is 1.24 bits per heavy atom. The molecule has 0 saturated heterocycles. The summed E-state index contributed by atoms with van der Waals surface area (Å²) in [5, 5.41) is 2.04. The summed E-state index contributed by atoms with van der Waals surface area (Å²) in [7, 11) is 0. The Bertz CT molecular complexity index is 751. The van der Waals surface area contributed by atoms with E-state index in [1.165, 1.54) is 41.5 Å². The number of hydrogen-bond acceptors (Lipinski definition) is 6.